The van der Waals surface area contributed by atoms with Crippen LogP contribution in [0, 0.1) is 0 Å². The summed E-state index contributed by atoms with van der Waals surface area (Å²) in [4.78, 5) is 15.8. The first-order chi connectivity index (χ1) is 9.78. The second-order valence-electron chi connectivity index (χ2n) is 4.54. The van der Waals surface area contributed by atoms with Crippen molar-refractivity contribution in [1.82, 2.24) is 9.38 Å². The number of aromatic nitrogens is 2. The third-order valence-electron chi connectivity index (χ3n) is 3.25. The van der Waals surface area contributed by atoms with Gasteiger partial charge in [0, 0.05) is 12.6 Å². The van der Waals surface area contributed by atoms with Gasteiger partial charge in [-0.3, -0.25) is 0 Å². The Morgan fingerprint density at radius 1 is 1.20 bits per heavy atom. The number of methoxy groups -OCH3 is 1. The Bertz CT molecular complexity index is 745. The molecule has 0 spiro atoms. The highest BCUT2D eigenvalue weighted by molar-refractivity contribution is 5.89. The average Bonchev–Trinajstić information content (AvgIpc) is 2.91. The molecule has 2 heterocycles. The number of nitrogens with zero attached hydrogens (tertiary/aromatic N) is 2. The van der Waals surface area contributed by atoms with Gasteiger partial charge in [0.15, 0.2) is 0 Å². The molecule has 0 aliphatic rings. The van der Waals surface area contributed by atoms with Gasteiger partial charge in [-0.05, 0) is 29.8 Å². The van der Waals surface area contributed by atoms with Crippen molar-refractivity contribution < 1.29 is 9.53 Å². The Morgan fingerprint density at radius 3 is 2.75 bits per heavy atom. The van der Waals surface area contributed by atoms with Gasteiger partial charge < -0.3 is 9.14 Å². The molecule has 0 amide bonds. The lowest BCUT2D eigenvalue weighted by Crippen LogP contribution is -2.01. The molecule has 2 aromatic heterocycles. The largest absolute Gasteiger partial charge is 0.465 e. The van der Waals surface area contributed by atoms with Crippen molar-refractivity contribution in [1.29, 1.82) is 0 Å². The predicted octanol–water partition coefficient (Wildman–Crippen LogP) is 2.71. The Balaban J connectivity index is 1.86. The molecule has 20 heavy (non-hydrogen) atoms. The van der Waals surface area contributed by atoms with E-state index in [9.17, 15) is 4.79 Å². The van der Waals surface area contributed by atoms with Gasteiger partial charge in [0.25, 0.3) is 0 Å². The molecule has 3 rings (SSSR count). The Morgan fingerprint density at radius 2 is 2.00 bits per heavy atom. The standard InChI is InChI=1S/C16H14N2O2/c1-20-16(19)13-7-5-12(6-8-13)10-15-17-11-14-4-2-3-9-18(14)15/h2-9,11H,10H2,1H3. The minimum absolute atomic E-state index is 0.317. The monoisotopic (exact) mass is 266 g/mol. The fourth-order valence-corrected chi connectivity index (χ4v) is 2.19. The van der Waals surface area contributed by atoms with Gasteiger partial charge in [-0.25, -0.2) is 9.78 Å². The lowest BCUT2D eigenvalue weighted by atomic mass is 10.1. The summed E-state index contributed by atoms with van der Waals surface area (Å²) in [6, 6.07) is 13.4. The molecule has 0 saturated heterocycles. The van der Waals surface area contributed by atoms with Gasteiger partial charge in [-0.2, -0.15) is 0 Å². The van der Waals surface area contributed by atoms with Crippen LogP contribution in [-0.2, 0) is 11.2 Å². The zero-order chi connectivity index (χ0) is 13.9. The molecular weight excluding hydrogens is 252 g/mol. The Labute approximate surface area is 116 Å². The van der Waals surface area contributed by atoms with Crippen LogP contribution >= 0.6 is 0 Å². The van der Waals surface area contributed by atoms with Gasteiger partial charge in [0.05, 0.1) is 24.4 Å². The molecule has 0 aliphatic carbocycles. The van der Waals surface area contributed by atoms with Crippen LogP contribution in [0.1, 0.15) is 21.7 Å². The number of benzene rings is 1. The van der Waals surface area contributed by atoms with Gasteiger partial charge in [-0.1, -0.05) is 18.2 Å². The van der Waals surface area contributed by atoms with Crippen LogP contribution in [0.5, 0.6) is 0 Å². The highest BCUT2D eigenvalue weighted by atomic mass is 16.5. The summed E-state index contributed by atoms with van der Waals surface area (Å²) in [6.07, 6.45) is 4.58. The van der Waals surface area contributed by atoms with Crippen LogP contribution in [0.15, 0.2) is 54.9 Å². The number of ether oxygens (including phenoxy) is 1. The summed E-state index contributed by atoms with van der Waals surface area (Å²) in [5.41, 5.74) is 2.74. The van der Waals surface area contributed by atoms with E-state index in [1.165, 1.54) is 7.11 Å². The number of hydrogen-bond donors (Lipinski definition) is 0. The fraction of sp³-hybridized carbons (Fsp3) is 0.125. The first kappa shape index (κ1) is 12.4. The minimum Gasteiger partial charge on any atom is -0.465 e. The Hall–Kier alpha value is -2.62. The van der Waals surface area contributed by atoms with Crippen molar-refractivity contribution in [3.63, 3.8) is 0 Å². The molecule has 0 fully saturated rings. The second kappa shape index (κ2) is 5.17. The van der Waals surface area contributed by atoms with E-state index in [4.69, 9.17) is 0 Å². The van der Waals surface area contributed by atoms with Crippen LogP contribution in [0.25, 0.3) is 5.52 Å². The second-order valence-corrected chi connectivity index (χ2v) is 4.54. The van der Waals surface area contributed by atoms with E-state index in [0.29, 0.717) is 5.56 Å². The average molecular weight is 266 g/mol. The third kappa shape index (κ3) is 2.28. The quantitative estimate of drug-likeness (QED) is 0.685. The molecule has 4 heteroatoms. The summed E-state index contributed by atoms with van der Waals surface area (Å²) in [5.74, 6) is 0.661. The van der Waals surface area contributed by atoms with Crippen LogP contribution in [0.2, 0.25) is 0 Å². The normalized spacial score (nSPS) is 10.7. The number of rotatable bonds is 3. The van der Waals surface area contributed by atoms with E-state index in [-0.39, 0.29) is 5.97 Å². The Kier molecular flexibility index (Phi) is 3.21. The molecule has 3 aromatic rings. The topological polar surface area (TPSA) is 43.6 Å². The predicted molar refractivity (Wildman–Crippen MR) is 75.8 cm³/mol. The molecule has 0 atom stereocenters. The van der Waals surface area contributed by atoms with Gasteiger partial charge in [0.2, 0.25) is 0 Å². The van der Waals surface area contributed by atoms with Gasteiger partial charge in [0.1, 0.15) is 5.82 Å². The lowest BCUT2D eigenvalue weighted by Gasteiger charge is -2.03. The number of hydrogen-bond acceptors (Lipinski definition) is 3. The summed E-state index contributed by atoms with van der Waals surface area (Å²) < 4.78 is 6.75. The number of carbonyl (C=O) groups excluding carboxylic acids is 1. The molecule has 100 valence electrons. The third-order valence-corrected chi connectivity index (χ3v) is 3.25. The zero-order valence-electron chi connectivity index (χ0n) is 11.1. The molecule has 0 N–H and O–H groups in total. The van der Waals surface area contributed by atoms with Crippen molar-refractivity contribution >= 4 is 11.5 Å². The first-order valence-corrected chi connectivity index (χ1v) is 6.36. The van der Waals surface area contributed by atoms with Crippen LogP contribution < -0.4 is 0 Å². The highest BCUT2D eigenvalue weighted by Crippen LogP contribution is 2.13. The molecule has 0 aliphatic heterocycles. The maximum Gasteiger partial charge on any atom is 0.337 e. The molecule has 1 aromatic carbocycles. The van der Waals surface area contributed by atoms with E-state index in [2.05, 4.69) is 14.1 Å². The van der Waals surface area contributed by atoms with Crippen molar-refractivity contribution in [3.8, 4) is 0 Å². The molecule has 0 radical (unpaired) electrons. The van der Waals surface area contributed by atoms with Crippen LogP contribution in [0.3, 0.4) is 0 Å². The number of fused-ring (bicyclic) bond motifs is 1. The van der Waals surface area contributed by atoms with Crippen molar-refractivity contribution in [3.05, 3.63) is 71.8 Å². The number of pyridine rings is 1. The zero-order valence-corrected chi connectivity index (χ0v) is 11.1. The summed E-state index contributed by atoms with van der Waals surface area (Å²) >= 11 is 0. The van der Waals surface area contributed by atoms with E-state index in [0.717, 1.165) is 23.3 Å². The van der Waals surface area contributed by atoms with Crippen LogP contribution in [-0.4, -0.2) is 22.5 Å². The van der Waals surface area contributed by atoms with Crippen molar-refractivity contribution in [2.75, 3.05) is 7.11 Å². The fourth-order valence-electron chi connectivity index (χ4n) is 2.19. The molecule has 4 nitrogen and oxygen atoms in total. The maximum atomic E-state index is 11.4. The summed E-state index contributed by atoms with van der Waals surface area (Å²) in [5, 5.41) is 0. The van der Waals surface area contributed by atoms with Crippen LogP contribution in [0.4, 0.5) is 0 Å². The number of imidazole rings is 1. The SMILES string of the molecule is COC(=O)c1ccc(Cc2ncc3ccccn23)cc1. The van der Waals surface area contributed by atoms with E-state index in [1.54, 1.807) is 12.1 Å². The van der Waals surface area contributed by atoms with Gasteiger partial charge in [-0.15, -0.1) is 0 Å². The first-order valence-electron chi connectivity index (χ1n) is 6.36. The van der Waals surface area contributed by atoms with E-state index in [1.807, 2.05) is 42.7 Å². The number of carbonyl (C=O) groups is 1. The van der Waals surface area contributed by atoms with Crippen molar-refractivity contribution in [2.45, 2.75) is 6.42 Å². The highest BCUT2D eigenvalue weighted by Gasteiger charge is 2.07. The minimum atomic E-state index is -0.317. The van der Waals surface area contributed by atoms with E-state index >= 15 is 0 Å². The van der Waals surface area contributed by atoms with E-state index < -0.39 is 0 Å². The molecule has 0 saturated carbocycles. The number of esters is 1. The lowest BCUT2D eigenvalue weighted by molar-refractivity contribution is 0.0600. The smallest absolute Gasteiger partial charge is 0.337 e. The molecular formula is C16H14N2O2. The van der Waals surface area contributed by atoms with Crippen molar-refractivity contribution in [2.24, 2.45) is 0 Å². The molecule has 0 bridgehead atoms. The summed E-state index contributed by atoms with van der Waals surface area (Å²) in [7, 11) is 1.38. The maximum absolute atomic E-state index is 11.4. The summed E-state index contributed by atoms with van der Waals surface area (Å²) in [6.45, 7) is 0. The van der Waals surface area contributed by atoms with Gasteiger partial charge >= 0.3 is 5.97 Å². The molecule has 0 unspecified atom stereocenters.